The minimum atomic E-state index is -3.40. The minimum Gasteiger partial charge on any atom is -0.354 e. The van der Waals surface area contributed by atoms with Crippen molar-refractivity contribution in [2.45, 2.75) is 50.2 Å². The Morgan fingerprint density at radius 3 is 2.19 bits per heavy atom. The second-order valence-corrected chi connectivity index (χ2v) is 8.77. The molecule has 2 aliphatic rings. The van der Waals surface area contributed by atoms with Crippen LogP contribution in [0.1, 0.15) is 45.4 Å². The number of sulfone groups is 1. The summed E-state index contributed by atoms with van der Waals surface area (Å²) in [6, 6.07) is 0. The molecular weight excluding hydrogens is 312 g/mol. The molecule has 21 heavy (non-hydrogen) atoms. The molecule has 0 spiro atoms. The Bertz CT molecular complexity index is 469. The monoisotopic (exact) mass is 338 g/mol. The van der Waals surface area contributed by atoms with Crippen molar-refractivity contribution in [3.63, 3.8) is 0 Å². The van der Waals surface area contributed by atoms with E-state index in [1.165, 1.54) is 6.26 Å². The van der Waals surface area contributed by atoms with Gasteiger partial charge < -0.3 is 10.6 Å². The van der Waals surface area contributed by atoms with E-state index in [-0.39, 0.29) is 23.7 Å². The Hall–Kier alpha value is -0.330. The van der Waals surface area contributed by atoms with Crippen molar-refractivity contribution in [1.82, 2.24) is 10.6 Å². The van der Waals surface area contributed by atoms with Gasteiger partial charge in [0.1, 0.15) is 0 Å². The molecule has 1 aliphatic carbocycles. The molecule has 0 aromatic rings. The summed E-state index contributed by atoms with van der Waals surface area (Å²) in [4.78, 5) is 12.5. The average Bonchev–Trinajstić information content (AvgIpc) is 3.16. The van der Waals surface area contributed by atoms with Crippen molar-refractivity contribution >= 4 is 28.2 Å². The van der Waals surface area contributed by atoms with E-state index in [0.29, 0.717) is 32.5 Å². The number of amides is 1. The molecular formula is C14H27ClN2O3S. The van der Waals surface area contributed by atoms with Gasteiger partial charge in [-0.3, -0.25) is 4.79 Å². The van der Waals surface area contributed by atoms with Crippen LogP contribution >= 0.6 is 12.4 Å². The Morgan fingerprint density at radius 2 is 1.76 bits per heavy atom. The summed E-state index contributed by atoms with van der Waals surface area (Å²) < 4.78 is 23.0. The molecule has 5 nitrogen and oxygen atoms in total. The maximum Gasteiger partial charge on any atom is 0.241 e. The third kappa shape index (κ3) is 3.90. The first-order chi connectivity index (χ1) is 9.35. The number of piperidine rings is 1. The highest BCUT2D eigenvalue weighted by Crippen LogP contribution is 2.49. The van der Waals surface area contributed by atoms with Crippen LogP contribution in [0.2, 0.25) is 0 Å². The number of carbonyl (C=O) groups excluding carboxylic acids is 1. The Labute approximate surface area is 134 Å². The molecule has 1 aliphatic heterocycles. The second kappa shape index (κ2) is 6.84. The van der Waals surface area contributed by atoms with E-state index in [9.17, 15) is 13.2 Å². The van der Waals surface area contributed by atoms with Gasteiger partial charge in [-0.1, -0.05) is 13.3 Å². The van der Waals surface area contributed by atoms with Crippen molar-refractivity contribution < 1.29 is 13.2 Å². The van der Waals surface area contributed by atoms with Crippen molar-refractivity contribution in [3.8, 4) is 0 Å². The van der Waals surface area contributed by atoms with E-state index in [4.69, 9.17) is 0 Å². The van der Waals surface area contributed by atoms with Crippen LogP contribution in [0.3, 0.4) is 0 Å². The quantitative estimate of drug-likeness (QED) is 0.764. The first-order valence-electron chi connectivity index (χ1n) is 7.54. The van der Waals surface area contributed by atoms with Crippen molar-refractivity contribution in [2.75, 3.05) is 25.9 Å². The predicted molar refractivity (Wildman–Crippen MR) is 86.5 cm³/mol. The first kappa shape index (κ1) is 18.7. The molecule has 0 atom stereocenters. The van der Waals surface area contributed by atoms with Gasteiger partial charge in [0.25, 0.3) is 0 Å². The van der Waals surface area contributed by atoms with Crippen LogP contribution in [0.4, 0.5) is 0 Å². The van der Waals surface area contributed by atoms with E-state index in [1.54, 1.807) is 0 Å². The third-order valence-electron chi connectivity index (χ3n) is 4.90. The van der Waals surface area contributed by atoms with Gasteiger partial charge >= 0.3 is 0 Å². The molecule has 2 N–H and O–H groups in total. The average molecular weight is 339 g/mol. The van der Waals surface area contributed by atoms with Crippen LogP contribution < -0.4 is 10.6 Å². The maximum absolute atomic E-state index is 12.5. The summed E-state index contributed by atoms with van der Waals surface area (Å²) in [5.74, 6) is -0.288. The van der Waals surface area contributed by atoms with Crippen molar-refractivity contribution in [1.29, 1.82) is 0 Å². The summed E-state index contributed by atoms with van der Waals surface area (Å²) >= 11 is 0. The molecule has 0 unspecified atom stereocenters. The summed E-state index contributed by atoms with van der Waals surface area (Å²) in [6.45, 7) is 3.94. The molecule has 2 fully saturated rings. The van der Waals surface area contributed by atoms with E-state index in [0.717, 1.165) is 25.7 Å². The third-order valence-corrected chi connectivity index (χ3v) is 6.91. The molecule has 0 bridgehead atoms. The normalized spacial score (nSPS) is 23.0. The lowest BCUT2D eigenvalue weighted by Crippen LogP contribution is -2.57. The Kier molecular flexibility index (Phi) is 6.09. The van der Waals surface area contributed by atoms with Gasteiger partial charge in [-0.25, -0.2) is 8.42 Å². The van der Waals surface area contributed by atoms with Crippen LogP contribution in [0, 0.1) is 5.41 Å². The largest absolute Gasteiger partial charge is 0.354 e. The molecule has 0 aromatic carbocycles. The van der Waals surface area contributed by atoms with Crippen LogP contribution in [-0.4, -0.2) is 45.0 Å². The van der Waals surface area contributed by atoms with Crippen LogP contribution in [0.15, 0.2) is 0 Å². The highest BCUT2D eigenvalue weighted by atomic mass is 35.5. The lowest BCUT2D eigenvalue weighted by atomic mass is 9.94. The fourth-order valence-corrected chi connectivity index (χ4v) is 4.60. The van der Waals surface area contributed by atoms with Gasteiger partial charge in [0.15, 0.2) is 14.6 Å². The number of nitrogens with one attached hydrogen (secondary N) is 2. The molecule has 2 rings (SSSR count). The van der Waals surface area contributed by atoms with Crippen LogP contribution in [0.25, 0.3) is 0 Å². The number of rotatable bonds is 6. The second-order valence-electron chi connectivity index (χ2n) is 6.45. The lowest BCUT2D eigenvalue weighted by Gasteiger charge is -2.34. The van der Waals surface area contributed by atoms with Gasteiger partial charge in [-0.15, -0.1) is 12.4 Å². The number of hydrogen-bond acceptors (Lipinski definition) is 4. The van der Waals surface area contributed by atoms with Crippen molar-refractivity contribution in [2.24, 2.45) is 5.41 Å². The smallest absolute Gasteiger partial charge is 0.241 e. The molecule has 1 saturated carbocycles. The highest BCUT2D eigenvalue weighted by Gasteiger charge is 2.50. The minimum absolute atomic E-state index is 0. The van der Waals surface area contributed by atoms with Crippen molar-refractivity contribution in [3.05, 3.63) is 0 Å². The fraction of sp³-hybridized carbons (Fsp3) is 0.929. The van der Waals surface area contributed by atoms with Gasteiger partial charge in [0, 0.05) is 12.8 Å². The number of halogens is 1. The summed E-state index contributed by atoms with van der Waals surface area (Å²) in [5.41, 5.74) is 0.246. The topological polar surface area (TPSA) is 75.3 Å². The molecule has 1 heterocycles. The zero-order chi connectivity index (χ0) is 14.9. The van der Waals surface area contributed by atoms with Crippen LogP contribution in [-0.2, 0) is 14.6 Å². The molecule has 0 radical (unpaired) electrons. The molecule has 124 valence electrons. The van der Waals surface area contributed by atoms with Crippen LogP contribution in [0.5, 0.6) is 0 Å². The maximum atomic E-state index is 12.5. The summed E-state index contributed by atoms with van der Waals surface area (Å²) in [5, 5.41) is 6.07. The first-order valence-corrected chi connectivity index (χ1v) is 9.43. The number of carbonyl (C=O) groups is 1. The zero-order valence-corrected chi connectivity index (χ0v) is 14.5. The fourth-order valence-electron chi connectivity index (χ4n) is 3.25. The summed E-state index contributed by atoms with van der Waals surface area (Å²) in [7, 11) is -3.40. The Balaban J connectivity index is 0.00000220. The predicted octanol–water partition coefficient (Wildman–Crippen LogP) is 1.27. The molecule has 1 saturated heterocycles. The van der Waals surface area contributed by atoms with Gasteiger partial charge in [-0.05, 0) is 50.6 Å². The zero-order valence-electron chi connectivity index (χ0n) is 12.9. The van der Waals surface area contributed by atoms with E-state index in [1.807, 2.05) is 0 Å². The summed E-state index contributed by atoms with van der Waals surface area (Å²) in [6.07, 6.45) is 6.45. The lowest BCUT2D eigenvalue weighted by molar-refractivity contribution is -0.124. The van der Waals surface area contributed by atoms with E-state index < -0.39 is 14.6 Å². The van der Waals surface area contributed by atoms with Gasteiger partial charge in [0.2, 0.25) is 5.91 Å². The van der Waals surface area contributed by atoms with Gasteiger partial charge in [0.05, 0.1) is 0 Å². The SMILES string of the molecule is CCCC1(CNC(=O)C2(S(C)(=O)=O)CCNCC2)CC1.Cl. The molecule has 7 heteroatoms. The van der Waals surface area contributed by atoms with E-state index in [2.05, 4.69) is 17.6 Å². The Morgan fingerprint density at radius 1 is 1.19 bits per heavy atom. The molecule has 1 amide bonds. The van der Waals surface area contributed by atoms with Gasteiger partial charge in [-0.2, -0.15) is 0 Å². The number of hydrogen-bond donors (Lipinski definition) is 2. The molecule has 0 aromatic heterocycles. The van der Waals surface area contributed by atoms with E-state index >= 15 is 0 Å². The highest BCUT2D eigenvalue weighted by molar-refractivity contribution is 7.92. The standard InChI is InChI=1S/C14H26N2O3S.ClH/c1-3-4-13(5-6-13)11-16-12(17)14(20(2,18)19)7-9-15-10-8-14;/h15H,3-11H2,1-2H3,(H,16,17);1H.